The van der Waals surface area contributed by atoms with Crippen molar-refractivity contribution in [3.05, 3.63) is 0 Å². The molecule has 0 saturated heterocycles. The summed E-state index contributed by atoms with van der Waals surface area (Å²) in [7, 11) is 0. The van der Waals surface area contributed by atoms with Gasteiger partial charge in [-0.05, 0) is 0 Å². The van der Waals surface area contributed by atoms with Crippen molar-refractivity contribution in [1.29, 1.82) is 0 Å². The summed E-state index contributed by atoms with van der Waals surface area (Å²) in [5.41, 5.74) is 0. The first-order valence-corrected chi connectivity index (χ1v) is 0. The maximum absolute atomic E-state index is 0. The van der Waals surface area contributed by atoms with E-state index in [9.17, 15) is 0 Å². The summed E-state index contributed by atoms with van der Waals surface area (Å²) in [6.07, 6.45) is 0. The number of hydrogen-bond acceptors (Lipinski definition) is 0. The summed E-state index contributed by atoms with van der Waals surface area (Å²) in [4.78, 5) is 0. The van der Waals surface area contributed by atoms with Crippen LogP contribution in [0.15, 0.2) is 0 Å². The van der Waals surface area contributed by atoms with Crippen LogP contribution in [0.1, 0.15) is 0 Å². The van der Waals surface area contributed by atoms with Crippen LogP contribution in [0.4, 0.5) is 0 Å². The molecule has 6 heavy (non-hydrogen) atoms. The van der Waals surface area contributed by atoms with Crippen LogP contribution in [-0.2, 0) is 74.0 Å². The van der Waals surface area contributed by atoms with E-state index >= 15 is 0 Å². The fourth-order valence-corrected chi connectivity index (χ4v) is 0. The molecule has 0 aromatic heterocycles. The Labute approximate surface area is 73.7 Å². The Morgan fingerprint density at radius 1 is 0.667 bits per heavy atom. The molecule has 3 nitrogen and oxygen atoms in total. The van der Waals surface area contributed by atoms with Gasteiger partial charge in [-0.2, -0.15) is 0 Å². The number of hydrogen-bond donors (Lipinski definition) is 0. The van der Waals surface area contributed by atoms with Gasteiger partial charge in [-0.3, -0.25) is 0 Å². The molecule has 0 amide bonds. The third-order valence-corrected chi connectivity index (χ3v) is 0. The van der Waals surface area contributed by atoms with Crippen LogP contribution >= 0.6 is 0 Å². The zero-order valence-corrected chi connectivity index (χ0v) is 8.56. The van der Waals surface area contributed by atoms with Gasteiger partial charge < -0.3 is 16.4 Å². The smallest absolute Gasteiger partial charge is 2.00 e. The molecule has 37 valence electrons. The van der Waals surface area contributed by atoms with E-state index in [1.54, 1.807) is 0 Å². The van der Waals surface area contributed by atoms with Crippen LogP contribution < -0.4 is 0 Å². The van der Waals surface area contributed by atoms with E-state index in [-0.39, 0.29) is 74.0 Å². The van der Waals surface area contributed by atoms with E-state index < -0.39 is 0 Å². The Hall–Kier alpha value is 1.71. The minimum atomic E-state index is 0. The SMILES string of the molecule is [Cu].[Mo+6].[O-2].[O-2].[O-2].[Zn]. The van der Waals surface area contributed by atoms with Crippen LogP contribution in [0.25, 0.3) is 0 Å². The topological polar surface area (TPSA) is 85.5 Å². The standard InChI is InChI=1S/Cu.Mo.3O.Zn/q;+6;3*-2;. The van der Waals surface area contributed by atoms with Crippen molar-refractivity contribution in [2.24, 2.45) is 0 Å². The molecule has 0 unspecified atom stereocenters. The average molecular weight is 273 g/mol. The minimum absolute atomic E-state index is 0. The maximum atomic E-state index is 0. The van der Waals surface area contributed by atoms with Crippen molar-refractivity contribution in [2.45, 2.75) is 0 Å². The quantitative estimate of drug-likeness (QED) is 0.539. The van der Waals surface area contributed by atoms with Gasteiger partial charge in [0, 0.05) is 36.5 Å². The molecule has 0 N–H and O–H groups in total. The summed E-state index contributed by atoms with van der Waals surface area (Å²) in [5.74, 6) is 0. The van der Waals surface area contributed by atoms with E-state index in [1.165, 1.54) is 0 Å². The Morgan fingerprint density at radius 2 is 0.667 bits per heavy atom. The second-order valence-electron chi connectivity index (χ2n) is 0. The first-order chi connectivity index (χ1) is 0. The first-order valence-electron chi connectivity index (χ1n) is 0. The molecular formula is CuMoO3Zn. The molecule has 6 heteroatoms. The molecular weight excluding hydrogens is 273 g/mol. The van der Waals surface area contributed by atoms with Crippen molar-refractivity contribution in [1.82, 2.24) is 0 Å². The summed E-state index contributed by atoms with van der Waals surface area (Å²) in [6, 6.07) is 0. The molecule has 0 aromatic carbocycles. The van der Waals surface area contributed by atoms with Gasteiger partial charge in [0.2, 0.25) is 0 Å². The predicted octanol–water partition coefficient (Wildman–Crippen LogP) is -0.364. The van der Waals surface area contributed by atoms with Crippen LogP contribution in [-0.4, -0.2) is 0 Å². The summed E-state index contributed by atoms with van der Waals surface area (Å²) in [5, 5.41) is 0. The Balaban J connectivity index is 0. The maximum Gasteiger partial charge on any atom is 6.00 e. The fraction of sp³-hybridized carbons (Fsp3) is 0. The van der Waals surface area contributed by atoms with E-state index in [0.717, 1.165) is 0 Å². The van der Waals surface area contributed by atoms with Gasteiger partial charge in [0.1, 0.15) is 0 Å². The largest absolute Gasteiger partial charge is 6.00 e. The Kier molecular flexibility index (Phi) is 1480. The van der Waals surface area contributed by atoms with Gasteiger partial charge in [0.25, 0.3) is 0 Å². The fourth-order valence-electron chi connectivity index (χ4n) is 0. The molecule has 0 spiro atoms. The second kappa shape index (κ2) is 74.8. The van der Waals surface area contributed by atoms with Gasteiger partial charge in [0.05, 0.1) is 0 Å². The average Bonchev–Trinajstić information content (AvgIpc) is 0. The molecule has 0 rings (SSSR count). The molecule has 0 saturated carbocycles. The molecule has 0 bridgehead atoms. The second-order valence-corrected chi connectivity index (χ2v) is 0. The van der Waals surface area contributed by atoms with Gasteiger partial charge in [-0.1, -0.05) is 0 Å². The van der Waals surface area contributed by atoms with E-state index in [2.05, 4.69) is 0 Å². The zero-order valence-electron chi connectivity index (χ0n) is 2.64. The van der Waals surface area contributed by atoms with Crippen molar-refractivity contribution < 1.29 is 74.0 Å². The van der Waals surface area contributed by atoms with Crippen molar-refractivity contribution >= 4 is 0 Å². The third-order valence-electron chi connectivity index (χ3n) is 0. The molecule has 0 aliphatic carbocycles. The molecule has 0 aliphatic rings. The molecule has 0 fully saturated rings. The molecule has 0 heterocycles. The molecule has 1 radical (unpaired) electrons. The zero-order chi connectivity index (χ0) is 0. The number of rotatable bonds is 0. The molecule has 0 atom stereocenters. The van der Waals surface area contributed by atoms with E-state index in [1.807, 2.05) is 0 Å². The van der Waals surface area contributed by atoms with Gasteiger partial charge >= 0.3 is 21.1 Å². The normalized spacial score (nSPS) is 0. The summed E-state index contributed by atoms with van der Waals surface area (Å²) >= 11 is 0. The van der Waals surface area contributed by atoms with E-state index in [0.29, 0.717) is 0 Å². The first kappa shape index (κ1) is 119. The molecule has 0 aromatic rings. The van der Waals surface area contributed by atoms with Crippen LogP contribution in [0, 0.1) is 0 Å². The van der Waals surface area contributed by atoms with Crippen molar-refractivity contribution in [2.75, 3.05) is 0 Å². The monoisotopic (exact) mass is 273 g/mol. The van der Waals surface area contributed by atoms with Gasteiger partial charge in [0.15, 0.2) is 0 Å². The van der Waals surface area contributed by atoms with Gasteiger partial charge in [-0.25, -0.2) is 0 Å². The van der Waals surface area contributed by atoms with Crippen LogP contribution in [0.5, 0.6) is 0 Å². The molecule has 0 aliphatic heterocycles. The van der Waals surface area contributed by atoms with Crippen LogP contribution in [0.2, 0.25) is 0 Å². The van der Waals surface area contributed by atoms with Crippen LogP contribution in [0.3, 0.4) is 0 Å². The van der Waals surface area contributed by atoms with Crippen molar-refractivity contribution in [3.63, 3.8) is 0 Å². The van der Waals surface area contributed by atoms with E-state index in [4.69, 9.17) is 0 Å². The summed E-state index contributed by atoms with van der Waals surface area (Å²) in [6.45, 7) is 0. The minimum Gasteiger partial charge on any atom is -2.00 e. The van der Waals surface area contributed by atoms with Gasteiger partial charge in [-0.15, -0.1) is 0 Å². The predicted molar refractivity (Wildman–Crippen MR) is 2.06 cm³/mol. The third kappa shape index (κ3) is 43.3. The summed E-state index contributed by atoms with van der Waals surface area (Å²) < 4.78 is 0. The van der Waals surface area contributed by atoms with Crippen molar-refractivity contribution in [3.8, 4) is 0 Å². The Morgan fingerprint density at radius 3 is 0.667 bits per heavy atom. The Bertz CT molecular complexity index is 10.8.